The van der Waals surface area contributed by atoms with Gasteiger partial charge in [0.15, 0.2) is 0 Å². The van der Waals surface area contributed by atoms with E-state index in [0.29, 0.717) is 6.42 Å². The van der Waals surface area contributed by atoms with Gasteiger partial charge in [0.05, 0.1) is 6.07 Å². The Balaban J connectivity index is 1.82. The standard InChI is InChI=1S/C20H22F3N3O3/c21-20(22,23)17(27)26(16-12-15(16)14-4-2-1-3-5-14)13-19(6-9-24)7-10-25(11-8-19)18(28)29/h1-5,15-16H,6-8,10-13H2,(H,28,29)/t15-,16+/m0/s1. The van der Waals surface area contributed by atoms with E-state index < -0.39 is 29.6 Å². The molecule has 1 aromatic rings. The van der Waals surface area contributed by atoms with E-state index in [1.54, 1.807) is 12.1 Å². The summed E-state index contributed by atoms with van der Waals surface area (Å²) >= 11 is 0. The summed E-state index contributed by atoms with van der Waals surface area (Å²) in [5.41, 5.74) is 0.0401. The van der Waals surface area contributed by atoms with E-state index in [1.807, 2.05) is 24.3 Å². The van der Waals surface area contributed by atoms with Crippen LogP contribution in [0.4, 0.5) is 18.0 Å². The molecule has 156 valence electrons. The second kappa shape index (κ2) is 7.93. The van der Waals surface area contributed by atoms with Crippen molar-refractivity contribution >= 4 is 12.0 Å². The second-order valence-electron chi connectivity index (χ2n) is 7.86. The van der Waals surface area contributed by atoms with E-state index in [1.165, 1.54) is 4.90 Å². The molecule has 6 nitrogen and oxygen atoms in total. The number of hydrogen-bond acceptors (Lipinski definition) is 3. The highest BCUT2D eigenvalue weighted by molar-refractivity contribution is 5.82. The average Bonchev–Trinajstić information content (AvgIpc) is 3.47. The molecule has 1 saturated heterocycles. The number of alkyl halides is 3. The van der Waals surface area contributed by atoms with Gasteiger partial charge >= 0.3 is 18.2 Å². The number of nitriles is 1. The topological polar surface area (TPSA) is 84.6 Å². The lowest BCUT2D eigenvalue weighted by Gasteiger charge is -2.42. The maximum atomic E-state index is 13.3. The van der Waals surface area contributed by atoms with Crippen molar-refractivity contribution < 1.29 is 27.9 Å². The van der Waals surface area contributed by atoms with Gasteiger partial charge in [0.25, 0.3) is 0 Å². The maximum Gasteiger partial charge on any atom is 0.471 e. The molecule has 9 heteroatoms. The summed E-state index contributed by atoms with van der Waals surface area (Å²) in [5, 5.41) is 18.4. The van der Waals surface area contributed by atoms with Gasteiger partial charge in [-0.25, -0.2) is 4.79 Å². The Morgan fingerprint density at radius 3 is 2.38 bits per heavy atom. The summed E-state index contributed by atoms with van der Waals surface area (Å²) in [6.07, 6.45) is -5.18. The van der Waals surface area contributed by atoms with Crippen molar-refractivity contribution in [3.8, 4) is 6.07 Å². The van der Waals surface area contributed by atoms with Gasteiger partial charge in [0, 0.05) is 43.4 Å². The predicted octanol–water partition coefficient (Wildman–Crippen LogP) is 3.61. The number of halogens is 3. The van der Waals surface area contributed by atoms with Gasteiger partial charge in [-0.15, -0.1) is 0 Å². The average molecular weight is 409 g/mol. The summed E-state index contributed by atoms with van der Waals surface area (Å²) in [4.78, 5) is 25.5. The lowest BCUT2D eigenvalue weighted by atomic mass is 9.75. The van der Waals surface area contributed by atoms with E-state index in [2.05, 4.69) is 0 Å². The van der Waals surface area contributed by atoms with E-state index in [4.69, 9.17) is 5.11 Å². The first kappa shape index (κ1) is 21.0. The zero-order valence-corrected chi connectivity index (χ0v) is 15.7. The van der Waals surface area contributed by atoms with Crippen molar-refractivity contribution in [1.29, 1.82) is 5.26 Å². The molecule has 2 aliphatic rings. The molecule has 0 bridgehead atoms. The van der Waals surface area contributed by atoms with Crippen LogP contribution in [0.2, 0.25) is 0 Å². The molecule has 2 fully saturated rings. The Morgan fingerprint density at radius 2 is 1.86 bits per heavy atom. The summed E-state index contributed by atoms with van der Waals surface area (Å²) in [7, 11) is 0. The van der Waals surface area contributed by atoms with Crippen LogP contribution in [0.15, 0.2) is 30.3 Å². The highest BCUT2D eigenvalue weighted by Crippen LogP contribution is 2.48. The number of amides is 2. The smallest absolute Gasteiger partial charge is 0.465 e. The Kier molecular flexibility index (Phi) is 5.73. The molecule has 1 aliphatic carbocycles. The van der Waals surface area contributed by atoms with Crippen LogP contribution in [-0.2, 0) is 4.79 Å². The fraction of sp³-hybridized carbons (Fsp3) is 0.550. The number of carboxylic acid groups (broad SMARTS) is 1. The molecule has 0 radical (unpaired) electrons. The van der Waals surface area contributed by atoms with Gasteiger partial charge in [-0.05, 0) is 24.8 Å². The van der Waals surface area contributed by atoms with Gasteiger partial charge < -0.3 is 14.9 Å². The lowest BCUT2D eigenvalue weighted by Crippen LogP contribution is -2.52. The Labute approximate surface area is 166 Å². The normalized spacial score (nSPS) is 23.2. The van der Waals surface area contributed by atoms with Gasteiger partial charge in [-0.1, -0.05) is 30.3 Å². The van der Waals surface area contributed by atoms with Gasteiger partial charge in [0.1, 0.15) is 0 Å². The summed E-state index contributed by atoms with van der Waals surface area (Å²) in [5.74, 6) is -2.06. The fourth-order valence-electron chi connectivity index (χ4n) is 4.18. The molecule has 29 heavy (non-hydrogen) atoms. The van der Waals surface area contributed by atoms with Crippen molar-refractivity contribution in [2.24, 2.45) is 5.41 Å². The quantitative estimate of drug-likeness (QED) is 0.805. The first-order chi connectivity index (χ1) is 13.7. The Bertz CT molecular complexity index is 799. The molecule has 3 rings (SSSR count). The van der Waals surface area contributed by atoms with Crippen LogP contribution in [-0.4, -0.2) is 58.8 Å². The van der Waals surface area contributed by atoms with Crippen LogP contribution in [0.25, 0.3) is 0 Å². The molecule has 0 aromatic heterocycles. The SMILES string of the molecule is N#CCC1(CN(C(=O)C(F)(F)F)[C@@H]2C[C@H]2c2ccccc2)CCN(C(=O)O)CC1. The van der Waals surface area contributed by atoms with Crippen molar-refractivity contribution in [2.45, 2.75) is 43.8 Å². The number of carbonyl (C=O) groups is 2. The minimum Gasteiger partial charge on any atom is -0.465 e. The largest absolute Gasteiger partial charge is 0.471 e. The number of nitrogens with zero attached hydrogens (tertiary/aromatic N) is 3. The molecule has 1 N–H and O–H groups in total. The molecular formula is C20H22F3N3O3. The van der Waals surface area contributed by atoms with Crippen molar-refractivity contribution in [3.63, 3.8) is 0 Å². The number of hydrogen-bond donors (Lipinski definition) is 1. The Morgan fingerprint density at radius 1 is 1.24 bits per heavy atom. The van der Waals surface area contributed by atoms with Crippen LogP contribution in [0.3, 0.4) is 0 Å². The third-order valence-electron chi connectivity index (χ3n) is 5.94. The van der Waals surface area contributed by atoms with E-state index in [9.17, 15) is 28.0 Å². The minimum atomic E-state index is -5.00. The zero-order valence-electron chi connectivity index (χ0n) is 15.7. The minimum absolute atomic E-state index is 0.0230. The summed E-state index contributed by atoms with van der Waals surface area (Å²) in [6, 6.07) is 10.5. The number of piperidine rings is 1. The van der Waals surface area contributed by atoms with Gasteiger partial charge in [-0.2, -0.15) is 18.4 Å². The van der Waals surface area contributed by atoms with Gasteiger partial charge in [-0.3, -0.25) is 4.79 Å². The van der Waals surface area contributed by atoms with Gasteiger partial charge in [0.2, 0.25) is 0 Å². The second-order valence-corrected chi connectivity index (χ2v) is 7.86. The van der Waals surface area contributed by atoms with Crippen LogP contribution in [0.5, 0.6) is 0 Å². The third kappa shape index (κ3) is 4.63. The highest BCUT2D eigenvalue weighted by atomic mass is 19.4. The summed E-state index contributed by atoms with van der Waals surface area (Å²) < 4.78 is 39.9. The van der Waals surface area contributed by atoms with Crippen molar-refractivity contribution in [3.05, 3.63) is 35.9 Å². The van der Waals surface area contributed by atoms with Crippen LogP contribution in [0, 0.1) is 16.7 Å². The molecular weight excluding hydrogens is 387 g/mol. The molecule has 0 spiro atoms. The monoisotopic (exact) mass is 409 g/mol. The highest BCUT2D eigenvalue weighted by Gasteiger charge is 2.54. The zero-order chi connectivity index (χ0) is 21.2. The molecule has 2 atom stereocenters. The molecule has 1 aliphatic heterocycles. The lowest BCUT2D eigenvalue weighted by molar-refractivity contribution is -0.188. The van der Waals surface area contributed by atoms with Crippen LogP contribution < -0.4 is 0 Å². The maximum absolute atomic E-state index is 13.3. The van der Waals surface area contributed by atoms with Crippen molar-refractivity contribution in [2.75, 3.05) is 19.6 Å². The van der Waals surface area contributed by atoms with E-state index >= 15 is 0 Å². The van der Waals surface area contributed by atoms with E-state index in [0.717, 1.165) is 10.5 Å². The number of rotatable bonds is 5. The predicted molar refractivity (Wildman–Crippen MR) is 96.9 cm³/mol. The molecule has 0 unspecified atom stereocenters. The molecule has 2 amide bonds. The van der Waals surface area contributed by atoms with Crippen LogP contribution >= 0.6 is 0 Å². The fourth-order valence-corrected chi connectivity index (χ4v) is 4.18. The summed E-state index contributed by atoms with van der Waals surface area (Å²) in [6.45, 7) is 0.0794. The molecule has 1 heterocycles. The third-order valence-corrected chi connectivity index (χ3v) is 5.94. The van der Waals surface area contributed by atoms with Crippen molar-refractivity contribution in [1.82, 2.24) is 9.80 Å². The molecule has 1 saturated carbocycles. The van der Waals surface area contributed by atoms with Crippen LogP contribution in [0.1, 0.15) is 37.2 Å². The Hall–Kier alpha value is -2.76. The van der Waals surface area contributed by atoms with E-state index in [-0.39, 0.29) is 44.8 Å². The number of benzene rings is 1. The number of carbonyl (C=O) groups excluding carboxylic acids is 1. The first-order valence-corrected chi connectivity index (χ1v) is 9.44. The molecule has 1 aromatic carbocycles. The number of likely N-dealkylation sites (tertiary alicyclic amines) is 1. The first-order valence-electron chi connectivity index (χ1n) is 9.44.